The highest BCUT2D eigenvalue weighted by Gasteiger charge is 2.42. The van der Waals surface area contributed by atoms with Crippen LogP contribution >= 0.6 is 0 Å². The molecule has 3 rings (SSSR count). The number of allylic oxidation sites excluding steroid dienone is 3. The molecule has 0 bridgehead atoms. The van der Waals surface area contributed by atoms with Crippen molar-refractivity contribution in [2.45, 2.75) is 58.6 Å². The average Bonchev–Trinajstić information content (AvgIpc) is 3.13. The number of carboxylic acid groups (broad SMARTS) is 1. The molecule has 2 heterocycles. The maximum atomic E-state index is 12.5. The largest absolute Gasteiger partial charge is 0.478 e. The van der Waals surface area contributed by atoms with Crippen molar-refractivity contribution in [3.05, 3.63) is 46.5 Å². The number of hydrogen-bond acceptors (Lipinski definition) is 5. The lowest BCUT2D eigenvalue weighted by molar-refractivity contribution is -0.137. The molecule has 0 saturated carbocycles. The third-order valence-corrected chi connectivity index (χ3v) is 5.98. The van der Waals surface area contributed by atoms with E-state index in [2.05, 4.69) is 5.32 Å². The Kier molecular flexibility index (Phi) is 5.89. The van der Waals surface area contributed by atoms with Crippen molar-refractivity contribution in [2.75, 3.05) is 13.2 Å². The molecule has 2 atom stereocenters. The first-order chi connectivity index (χ1) is 13.7. The number of likely N-dealkylation sites (tertiary alicyclic amines) is 1. The zero-order chi connectivity index (χ0) is 21.3. The highest BCUT2D eigenvalue weighted by atomic mass is 16.5. The normalized spacial score (nSPS) is 26.6. The van der Waals surface area contributed by atoms with E-state index in [1.165, 1.54) is 0 Å². The number of carbonyl (C=O) groups excluding carboxylic acids is 1. The van der Waals surface area contributed by atoms with E-state index in [9.17, 15) is 14.7 Å². The van der Waals surface area contributed by atoms with Crippen molar-refractivity contribution in [3.8, 4) is 0 Å². The Morgan fingerprint density at radius 1 is 1.45 bits per heavy atom. The molecule has 7 nitrogen and oxygen atoms in total. The topological polar surface area (TPSA) is 105 Å². The van der Waals surface area contributed by atoms with E-state index in [0.717, 1.165) is 25.1 Å². The molecule has 2 unspecified atom stereocenters. The lowest BCUT2D eigenvalue weighted by Crippen LogP contribution is -2.46. The van der Waals surface area contributed by atoms with Crippen LogP contribution in [-0.4, -0.2) is 46.7 Å². The second kappa shape index (κ2) is 8.06. The molecule has 0 radical (unpaired) electrons. The molecule has 0 aromatic heterocycles. The predicted octanol–water partition coefficient (Wildman–Crippen LogP) is 2.43. The third kappa shape index (κ3) is 3.71. The van der Waals surface area contributed by atoms with Gasteiger partial charge in [-0.05, 0) is 38.3 Å². The van der Waals surface area contributed by atoms with Gasteiger partial charge in [-0.25, -0.2) is 4.79 Å². The van der Waals surface area contributed by atoms with Crippen LogP contribution in [-0.2, 0) is 14.3 Å². The number of fused-ring (bicyclic) bond motifs is 1. The van der Waals surface area contributed by atoms with Crippen molar-refractivity contribution in [3.63, 3.8) is 0 Å². The van der Waals surface area contributed by atoms with E-state index in [-0.39, 0.29) is 29.1 Å². The Bertz CT molecular complexity index is 837. The minimum absolute atomic E-state index is 0.0191. The van der Waals surface area contributed by atoms with Crippen LogP contribution in [0.25, 0.3) is 0 Å². The summed E-state index contributed by atoms with van der Waals surface area (Å²) in [6.45, 7) is 8.65. The van der Waals surface area contributed by atoms with Crippen LogP contribution in [0.2, 0.25) is 0 Å². The molecule has 1 fully saturated rings. The molecule has 4 N–H and O–H groups in total. The Morgan fingerprint density at radius 3 is 2.79 bits per heavy atom. The number of ether oxygens (including phenoxy) is 1. The molecule has 0 aromatic rings. The van der Waals surface area contributed by atoms with Crippen molar-refractivity contribution < 1.29 is 19.4 Å². The van der Waals surface area contributed by atoms with E-state index in [0.29, 0.717) is 24.3 Å². The Balaban J connectivity index is 1.91. The summed E-state index contributed by atoms with van der Waals surface area (Å²) in [6, 6.07) is 0.0191. The summed E-state index contributed by atoms with van der Waals surface area (Å²) in [6.07, 6.45) is 8.18. The SMILES string of the molecule is CCC1(OCC2CCCN2C(=O)C(C)C)C=CC=C2NC(C)=C(C(=O)O)C(N)=C21. The summed E-state index contributed by atoms with van der Waals surface area (Å²) in [5, 5.41) is 12.8. The van der Waals surface area contributed by atoms with Gasteiger partial charge in [0.05, 0.1) is 18.3 Å². The molecule has 7 heteroatoms. The number of nitrogens with one attached hydrogen (secondary N) is 1. The zero-order valence-electron chi connectivity index (χ0n) is 17.6. The maximum Gasteiger partial charge on any atom is 0.339 e. The first kappa shape index (κ1) is 21.2. The molecule has 1 aliphatic carbocycles. The van der Waals surface area contributed by atoms with Gasteiger partial charge in [0, 0.05) is 29.4 Å². The predicted molar refractivity (Wildman–Crippen MR) is 110 cm³/mol. The number of aliphatic carboxylic acids is 1. The van der Waals surface area contributed by atoms with Crippen LogP contribution in [0.3, 0.4) is 0 Å². The molecule has 29 heavy (non-hydrogen) atoms. The lowest BCUT2D eigenvalue weighted by atomic mass is 9.80. The van der Waals surface area contributed by atoms with Gasteiger partial charge >= 0.3 is 5.97 Å². The van der Waals surface area contributed by atoms with Crippen LogP contribution < -0.4 is 11.1 Å². The average molecular weight is 402 g/mol. The molecule has 3 aliphatic rings. The number of rotatable bonds is 6. The minimum atomic E-state index is -1.07. The van der Waals surface area contributed by atoms with Gasteiger partial charge in [0.25, 0.3) is 0 Å². The van der Waals surface area contributed by atoms with Gasteiger partial charge in [-0.3, -0.25) is 4.79 Å². The molecular formula is C22H31N3O4. The molecule has 1 saturated heterocycles. The molecule has 0 spiro atoms. The highest BCUT2D eigenvalue weighted by molar-refractivity contribution is 5.94. The smallest absolute Gasteiger partial charge is 0.339 e. The number of carbonyl (C=O) groups is 2. The third-order valence-electron chi connectivity index (χ3n) is 5.98. The Hall–Kier alpha value is -2.54. The number of nitrogens with two attached hydrogens (primary N) is 1. The standard InChI is InChI=1S/C22H31N3O4/c1-5-22(29-12-15-8-7-11-25(15)20(26)13(2)3)10-6-9-16-18(22)19(23)17(21(27)28)14(4)24-16/h6,9-10,13,15,24H,5,7-8,11-12,23H2,1-4H3,(H,27,28). The zero-order valence-corrected chi connectivity index (χ0v) is 17.6. The van der Waals surface area contributed by atoms with Gasteiger partial charge in [0.1, 0.15) is 11.2 Å². The van der Waals surface area contributed by atoms with Gasteiger partial charge in [0.2, 0.25) is 5.91 Å². The van der Waals surface area contributed by atoms with Crippen LogP contribution in [0.4, 0.5) is 0 Å². The number of amides is 1. The molecule has 0 aromatic carbocycles. The second-order valence-corrected chi connectivity index (χ2v) is 8.19. The fraction of sp³-hybridized carbons (Fsp3) is 0.545. The fourth-order valence-corrected chi connectivity index (χ4v) is 4.43. The molecule has 1 amide bonds. The first-order valence-corrected chi connectivity index (χ1v) is 10.3. The summed E-state index contributed by atoms with van der Waals surface area (Å²) < 4.78 is 6.45. The van der Waals surface area contributed by atoms with E-state index in [4.69, 9.17) is 10.5 Å². The van der Waals surface area contributed by atoms with E-state index in [1.54, 1.807) is 6.92 Å². The fourth-order valence-electron chi connectivity index (χ4n) is 4.43. The summed E-state index contributed by atoms with van der Waals surface area (Å²) in [5.74, 6) is -0.971. The summed E-state index contributed by atoms with van der Waals surface area (Å²) >= 11 is 0. The van der Waals surface area contributed by atoms with Gasteiger partial charge in [-0.2, -0.15) is 0 Å². The second-order valence-electron chi connectivity index (χ2n) is 8.19. The monoisotopic (exact) mass is 401 g/mol. The number of carboxylic acids is 1. The van der Waals surface area contributed by atoms with Crippen LogP contribution in [0.15, 0.2) is 46.5 Å². The first-order valence-electron chi connectivity index (χ1n) is 10.3. The molecular weight excluding hydrogens is 370 g/mol. The van der Waals surface area contributed by atoms with E-state index < -0.39 is 11.6 Å². The number of nitrogens with zero attached hydrogens (tertiary/aromatic N) is 1. The summed E-state index contributed by atoms with van der Waals surface area (Å²) in [5.41, 5.74) is 7.75. The van der Waals surface area contributed by atoms with Crippen LogP contribution in [0.5, 0.6) is 0 Å². The van der Waals surface area contributed by atoms with E-state index in [1.807, 2.05) is 43.9 Å². The minimum Gasteiger partial charge on any atom is -0.478 e. The lowest BCUT2D eigenvalue weighted by Gasteiger charge is -2.40. The van der Waals surface area contributed by atoms with Gasteiger partial charge in [-0.1, -0.05) is 26.8 Å². The quantitative estimate of drug-likeness (QED) is 0.631. The highest BCUT2D eigenvalue weighted by Crippen LogP contribution is 2.40. The van der Waals surface area contributed by atoms with Gasteiger partial charge in [-0.15, -0.1) is 0 Å². The Labute approximate surface area is 172 Å². The summed E-state index contributed by atoms with van der Waals surface area (Å²) in [7, 11) is 0. The van der Waals surface area contributed by atoms with Crippen molar-refractivity contribution >= 4 is 11.9 Å². The van der Waals surface area contributed by atoms with Crippen LogP contribution in [0.1, 0.15) is 47.0 Å². The van der Waals surface area contributed by atoms with Crippen molar-refractivity contribution in [1.82, 2.24) is 10.2 Å². The van der Waals surface area contributed by atoms with E-state index >= 15 is 0 Å². The maximum absolute atomic E-state index is 12.5. The number of hydrogen-bond donors (Lipinski definition) is 3. The molecule has 2 aliphatic heterocycles. The van der Waals surface area contributed by atoms with Crippen molar-refractivity contribution in [2.24, 2.45) is 11.7 Å². The molecule has 158 valence electrons. The Morgan fingerprint density at radius 2 is 2.17 bits per heavy atom. The van der Waals surface area contributed by atoms with Gasteiger partial charge < -0.3 is 25.8 Å². The van der Waals surface area contributed by atoms with Crippen molar-refractivity contribution in [1.29, 1.82) is 0 Å². The summed E-state index contributed by atoms with van der Waals surface area (Å²) in [4.78, 5) is 26.2. The number of dihydropyridines is 1. The van der Waals surface area contributed by atoms with Gasteiger partial charge in [0.15, 0.2) is 0 Å². The van der Waals surface area contributed by atoms with Crippen LogP contribution in [0, 0.1) is 5.92 Å².